The summed E-state index contributed by atoms with van der Waals surface area (Å²) in [6.07, 6.45) is 0.690. The number of hydrogen-bond acceptors (Lipinski definition) is 3. The van der Waals surface area contributed by atoms with Crippen molar-refractivity contribution in [3.8, 4) is 0 Å². The summed E-state index contributed by atoms with van der Waals surface area (Å²) in [7, 11) is -3.66. The van der Waals surface area contributed by atoms with Crippen LogP contribution in [0.4, 0.5) is 4.39 Å². The van der Waals surface area contributed by atoms with Crippen LogP contribution in [0.15, 0.2) is 64.9 Å². The Bertz CT molecular complexity index is 1020. The highest BCUT2D eigenvalue weighted by Crippen LogP contribution is 2.40. The highest BCUT2D eigenvalue weighted by molar-refractivity contribution is 7.89. The molecule has 2 aromatic carbocycles. The van der Waals surface area contributed by atoms with Crippen LogP contribution in [0.5, 0.6) is 0 Å². The summed E-state index contributed by atoms with van der Waals surface area (Å²) in [6.45, 7) is 2.34. The lowest BCUT2D eigenvalue weighted by molar-refractivity contribution is 0.346. The van der Waals surface area contributed by atoms with Crippen molar-refractivity contribution < 1.29 is 12.8 Å². The molecule has 2 heterocycles. The van der Waals surface area contributed by atoms with Crippen molar-refractivity contribution in [3.63, 3.8) is 0 Å². The van der Waals surface area contributed by atoms with Gasteiger partial charge in [0.25, 0.3) is 0 Å². The normalized spacial score (nSPS) is 17.8. The largest absolute Gasteiger partial charge is 0.243 e. The van der Waals surface area contributed by atoms with Gasteiger partial charge in [-0.25, -0.2) is 12.8 Å². The maximum Gasteiger partial charge on any atom is 0.243 e. The third-order valence-corrected chi connectivity index (χ3v) is 7.61. The summed E-state index contributed by atoms with van der Waals surface area (Å²) in [5, 5.41) is 1.99. The van der Waals surface area contributed by atoms with Gasteiger partial charge < -0.3 is 0 Å². The summed E-state index contributed by atoms with van der Waals surface area (Å²) in [5.74, 6) is -0.331. The number of nitrogens with zero attached hydrogens (tertiary/aromatic N) is 1. The Labute approximate surface area is 156 Å². The minimum atomic E-state index is -3.66. The summed E-state index contributed by atoms with van der Waals surface area (Å²) < 4.78 is 41.6. The van der Waals surface area contributed by atoms with Gasteiger partial charge in [0.05, 0.1) is 10.9 Å². The summed E-state index contributed by atoms with van der Waals surface area (Å²) >= 11 is 1.64. The van der Waals surface area contributed by atoms with E-state index in [4.69, 9.17) is 0 Å². The molecule has 4 rings (SSSR count). The first kappa shape index (κ1) is 17.4. The van der Waals surface area contributed by atoms with E-state index in [-0.39, 0.29) is 10.7 Å². The van der Waals surface area contributed by atoms with Crippen molar-refractivity contribution in [2.75, 3.05) is 6.54 Å². The third kappa shape index (κ3) is 2.98. The Morgan fingerprint density at radius 1 is 1.04 bits per heavy atom. The van der Waals surface area contributed by atoms with Crippen LogP contribution >= 0.6 is 11.3 Å². The number of thiophene rings is 1. The number of fused-ring (bicyclic) bond motifs is 1. The predicted octanol–water partition coefficient (Wildman–Crippen LogP) is 4.53. The Morgan fingerprint density at radius 2 is 1.73 bits per heavy atom. The van der Waals surface area contributed by atoms with Crippen molar-refractivity contribution in [2.45, 2.75) is 24.3 Å². The van der Waals surface area contributed by atoms with E-state index in [0.29, 0.717) is 13.0 Å². The lowest BCUT2D eigenvalue weighted by atomic mass is 9.95. The maximum absolute atomic E-state index is 13.4. The molecule has 0 aliphatic carbocycles. The third-order valence-electron chi connectivity index (χ3n) is 4.74. The molecule has 0 unspecified atom stereocenters. The Kier molecular flexibility index (Phi) is 4.42. The molecule has 0 saturated heterocycles. The van der Waals surface area contributed by atoms with Gasteiger partial charge in [0, 0.05) is 11.4 Å². The topological polar surface area (TPSA) is 37.4 Å². The molecule has 0 radical (unpaired) electrons. The SMILES string of the molecule is Cc1ccc(S(=O)(=O)N2CCc3sccc3[C@H]2c2ccc(F)cc2)cc1. The van der Waals surface area contributed by atoms with Crippen LogP contribution in [-0.4, -0.2) is 19.3 Å². The van der Waals surface area contributed by atoms with Crippen LogP contribution in [0.25, 0.3) is 0 Å². The standard InChI is InChI=1S/C20H18FNO2S2/c1-14-2-8-17(9-3-14)26(23,24)22-12-10-19-18(11-13-25-19)20(22)15-4-6-16(21)7-5-15/h2-9,11,13,20H,10,12H2,1H3/t20-/m1/s1. The van der Waals surface area contributed by atoms with Crippen LogP contribution < -0.4 is 0 Å². The smallest absolute Gasteiger partial charge is 0.207 e. The van der Waals surface area contributed by atoms with Gasteiger partial charge in [-0.15, -0.1) is 11.3 Å². The van der Waals surface area contributed by atoms with E-state index in [1.165, 1.54) is 17.0 Å². The van der Waals surface area contributed by atoms with Gasteiger partial charge in [-0.1, -0.05) is 29.8 Å². The van der Waals surface area contributed by atoms with Gasteiger partial charge in [0.15, 0.2) is 0 Å². The fourth-order valence-electron chi connectivity index (χ4n) is 3.39. The molecular formula is C20H18FNO2S2. The second-order valence-corrected chi connectivity index (χ2v) is 9.32. The van der Waals surface area contributed by atoms with Crippen molar-refractivity contribution in [2.24, 2.45) is 0 Å². The van der Waals surface area contributed by atoms with Crippen LogP contribution in [0.1, 0.15) is 27.6 Å². The number of halogens is 1. The predicted molar refractivity (Wildman–Crippen MR) is 101 cm³/mol. The molecule has 1 atom stereocenters. The molecule has 3 aromatic rings. The van der Waals surface area contributed by atoms with Crippen LogP contribution in [0, 0.1) is 12.7 Å². The van der Waals surface area contributed by atoms with E-state index in [9.17, 15) is 12.8 Å². The molecule has 0 bridgehead atoms. The van der Waals surface area contributed by atoms with Gasteiger partial charge >= 0.3 is 0 Å². The minimum Gasteiger partial charge on any atom is -0.207 e. The molecule has 1 aromatic heterocycles. The molecule has 0 saturated carbocycles. The zero-order valence-electron chi connectivity index (χ0n) is 14.2. The van der Waals surface area contributed by atoms with Gasteiger partial charge in [0.2, 0.25) is 10.0 Å². The maximum atomic E-state index is 13.4. The van der Waals surface area contributed by atoms with Crippen LogP contribution in [-0.2, 0) is 16.4 Å². The Balaban J connectivity index is 1.83. The highest BCUT2D eigenvalue weighted by atomic mass is 32.2. The second-order valence-electron chi connectivity index (χ2n) is 6.43. The highest BCUT2D eigenvalue weighted by Gasteiger charge is 2.37. The second kappa shape index (κ2) is 6.61. The first-order valence-electron chi connectivity index (χ1n) is 8.37. The Hall–Kier alpha value is -2.02. The average molecular weight is 388 g/mol. The summed E-state index contributed by atoms with van der Waals surface area (Å²) in [6, 6.07) is 14.6. The van der Waals surface area contributed by atoms with E-state index in [1.54, 1.807) is 52.0 Å². The van der Waals surface area contributed by atoms with E-state index in [2.05, 4.69) is 0 Å². The van der Waals surface area contributed by atoms with Crippen molar-refractivity contribution in [1.29, 1.82) is 0 Å². The molecule has 6 heteroatoms. The monoisotopic (exact) mass is 387 g/mol. The molecule has 0 amide bonds. The molecular weight excluding hydrogens is 369 g/mol. The molecule has 0 fully saturated rings. The lowest BCUT2D eigenvalue weighted by Gasteiger charge is -2.35. The van der Waals surface area contributed by atoms with Gasteiger partial charge in [-0.3, -0.25) is 0 Å². The average Bonchev–Trinajstić information content (AvgIpc) is 3.11. The Morgan fingerprint density at radius 3 is 2.42 bits per heavy atom. The molecule has 26 heavy (non-hydrogen) atoms. The molecule has 134 valence electrons. The molecule has 0 spiro atoms. The fourth-order valence-corrected chi connectivity index (χ4v) is 5.89. The van der Waals surface area contributed by atoms with Crippen LogP contribution in [0.3, 0.4) is 0 Å². The number of sulfonamides is 1. The minimum absolute atomic E-state index is 0.286. The number of aryl methyl sites for hydroxylation is 1. The lowest BCUT2D eigenvalue weighted by Crippen LogP contribution is -2.40. The van der Waals surface area contributed by atoms with Crippen molar-refractivity contribution in [3.05, 3.63) is 87.4 Å². The molecule has 1 aliphatic rings. The summed E-state index contributed by atoms with van der Waals surface area (Å²) in [4.78, 5) is 1.48. The van der Waals surface area contributed by atoms with E-state index >= 15 is 0 Å². The van der Waals surface area contributed by atoms with Gasteiger partial charge in [0.1, 0.15) is 5.82 Å². The van der Waals surface area contributed by atoms with Gasteiger partial charge in [-0.2, -0.15) is 4.31 Å². The van der Waals surface area contributed by atoms with Crippen molar-refractivity contribution >= 4 is 21.4 Å². The first-order chi connectivity index (χ1) is 12.5. The van der Waals surface area contributed by atoms with E-state index < -0.39 is 16.1 Å². The van der Waals surface area contributed by atoms with Crippen LogP contribution in [0.2, 0.25) is 0 Å². The first-order valence-corrected chi connectivity index (χ1v) is 10.7. The van der Waals surface area contributed by atoms with Gasteiger partial charge in [-0.05, 0) is 60.2 Å². The number of hydrogen-bond donors (Lipinski definition) is 0. The van der Waals surface area contributed by atoms with Crippen molar-refractivity contribution in [1.82, 2.24) is 4.31 Å². The van der Waals surface area contributed by atoms with E-state index in [0.717, 1.165) is 16.7 Å². The zero-order valence-corrected chi connectivity index (χ0v) is 15.9. The summed E-state index contributed by atoms with van der Waals surface area (Å²) in [5.41, 5.74) is 2.78. The zero-order chi connectivity index (χ0) is 18.3. The number of rotatable bonds is 3. The quantitative estimate of drug-likeness (QED) is 0.662. The molecule has 1 aliphatic heterocycles. The fraction of sp³-hybridized carbons (Fsp3) is 0.200. The molecule has 3 nitrogen and oxygen atoms in total. The van der Waals surface area contributed by atoms with E-state index in [1.807, 2.05) is 18.4 Å². The molecule has 0 N–H and O–H groups in total. The number of benzene rings is 2.